The third-order valence-corrected chi connectivity index (χ3v) is 5.26. The molecule has 130 valence electrons. The molecule has 0 unspecified atom stereocenters. The van der Waals surface area contributed by atoms with Crippen LogP contribution in [0.3, 0.4) is 0 Å². The number of hydrogen-bond donors (Lipinski definition) is 1. The van der Waals surface area contributed by atoms with Crippen LogP contribution in [0.5, 0.6) is 0 Å². The molecule has 0 saturated carbocycles. The molecule has 0 aromatic carbocycles. The lowest BCUT2D eigenvalue weighted by molar-refractivity contribution is 0.151. The number of H-pyrrole nitrogens is 1. The van der Waals surface area contributed by atoms with Crippen LogP contribution in [-0.4, -0.2) is 69.7 Å². The van der Waals surface area contributed by atoms with Gasteiger partial charge in [0, 0.05) is 39.3 Å². The van der Waals surface area contributed by atoms with E-state index in [1.807, 2.05) is 19.3 Å². The summed E-state index contributed by atoms with van der Waals surface area (Å²) >= 11 is 0. The van der Waals surface area contributed by atoms with Gasteiger partial charge in [0.25, 0.3) is 0 Å². The van der Waals surface area contributed by atoms with Crippen molar-refractivity contribution in [1.82, 2.24) is 24.8 Å². The quantitative estimate of drug-likeness (QED) is 0.849. The Labute approximate surface area is 146 Å². The second-order valence-electron chi connectivity index (χ2n) is 6.66. The van der Waals surface area contributed by atoms with Crippen molar-refractivity contribution in [3.63, 3.8) is 0 Å². The molecule has 0 bridgehead atoms. The smallest absolute Gasteiger partial charge is 0.325 e. The van der Waals surface area contributed by atoms with Crippen LogP contribution in [0.25, 0.3) is 15.9 Å². The Hall–Kier alpha value is -2.82. The van der Waals surface area contributed by atoms with E-state index in [9.17, 15) is 4.79 Å². The van der Waals surface area contributed by atoms with E-state index < -0.39 is 0 Å². The summed E-state index contributed by atoms with van der Waals surface area (Å²) in [5.74, 6) is 0.912. The molecule has 8 nitrogen and oxygen atoms in total. The van der Waals surface area contributed by atoms with E-state index in [4.69, 9.17) is 6.57 Å². The lowest BCUT2D eigenvalue weighted by Crippen LogP contribution is -2.48. The third-order valence-electron chi connectivity index (χ3n) is 5.26. The number of amides is 2. The average Bonchev–Trinajstić information content (AvgIpc) is 3.39. The van der Waals surface area contributed by atoms with Gasteiger partial charge < -0.3 is 14.8 Å². The third kappa shape index (κ3) is 2.65. The lowest BCUT2D eigenvalue weighted by Gasteiger charge is -2.29. The van der Waals surface area contributed by atoms with E-state index >= 15 is 0 Å². The number of aromatic amines is 1. The number of aromatic nitrogens is 3. The molecule has 2 amide bonds. The number of urea groups is 1. The summed E-state index contributed by atoms with van der Waals surface area (Å²) in [4.78, 5) is 33.9. The van der Waals surface area contributed by atoms with Crippen molar-refractivity contribution in [2.24, 2.45) is 0 Å². The molecule has 0 radical (unpaired) electrons. The highest BCUT2D eigenvalue weighted by Crippen LogP contribution is 2.28. The van der Waals surface area contributed by atoms with Crippen molar-refractivity contribution >= 4 is 22.9 Å². The van der Waals surface area contributed by atoms with Crippen molar-refractivity contribution in [3.8, 4) is 0 Å². The van der Waals surface area contributed by atoms with Gasteiger partial charge in [-0.1, -0.05) is 0 Å². The topological polar surface area (TPSA) is 72.7 Å². The molecular weight excluding hydrogens is 318 g/mol. The van der Waals surface area contributed by atoms with Gasteiger partial charge in [-0.15, -0.1) is 0 Å². The fraction of sp³-hybridized carbons (Fsp3) is 0.529. The second kappa shape index (κ2) is 6.24. The summed E-state index contributed by atoms with van der Waals surface area (Å²) in [6, 6.07) is 2.08. The predicted octanol–water partition coefficient (Wildman–Crippen LogP) is 1.93. The molecule has 2 fully saturated rings. The van der Waals surface area contributed by atoms with Gasteiger partial charge >= 0.3 is 12.2 Å². The number of fused-ring (bicyclic) bond motifs is 1. The summed E-state index contributed by atoms with van der Waals surface area (Å²) < 4.78 is 0. The maximum absolute atomic E-state index is 12.8. The first-order valence-electron chi connectivity index (χ1n) is 8.62. The molecule has 2 saturated heterocycles. The number of likely N-dealkylation sites (tertiary alicyclic amines) is 1. The average molecular weight is 339 g/mol. The van der Waals surface area contributed by atoms with Gasteiger partial charge in [-0.25, -0.2) is 21.3 Å². The number of nitrogens with zero attached hydrogens (tertiary/aromatic N) is 6. The monoisotopic (exact) mass is 339 g/mol. The number of anilines is 1. The maximum atomic E-state index is 12.8. The molecule has 2 atom stereocenters. The minimum absolute atomic E-state index is 0.0279. The van der Waals surface area contributed by atoms with Gasteiger partial charge in [0.1, 0.15) is 17.8 Å². The summed E-state index contributed by atoms with van der Waals surface area (Å²) in [5, 5.41) is 1.00. The van der Waals surface area contributed by atoms with Crippen LogP contribution in [0.1, 0.15) is 19.3 Å². The molecule has 4 heterocycles. The molecular formula is C17H21N7O. The first-order valence-corrected chi connectivity index (χ1v) is 8.62. The Morgan fingerprint density at radius 2 is 2.28 bits per heavy atom. The molecule has 1 N–H and O–H groups in total. The van der Waals surface area contributed by atoms with Crippen LogP contribution < -0.4 is 4.90 Å². The Morgan fingerprint density at radius 3 is 3.12 bits per heavy atom. The van der Waals surface area contributed by atoms with Crippen molar-refractivity contribution < 1.29 is 4.79 Å². The summed E-state index contributed by atoms with van der Waals surface area (Å²) in [5.41, 5.74) is 0.829. The van der Waals surface area contributed by atoms with E-state index in [2.05, 4.69) is 24.7 Å². The Balaban J connectivity index is 1.48. The van der Waals surface area contributed by atoms with E-state index in [0.29, 0.717) is 6.54 Å². The molecule has 8 heteroatoms. The van der Waals surface area contributed by atoms with Gasteiger partial charge in [0.2, 0.25) is 0 Å². The highest BCUT2D eigenvalue weighted by atomic mass is 16.2. The molecule has 2 aliphatic rings. The van der Waals surface area contributed by atoms with Gasteiger partial charge in [0.05, 0.1) is 11.4 Å². The van der Waals surface area contributed by atoms with Crippen molar-refractivity contribution in [2.75, 3.05) is 31.6 Å². The minimum Gasteiger partial charge on any atom is -0.354 e. The van der Waals surface area contributed by atoms with Crippen molar-refractivity contribution in [2.45, 2.75) is 31.5 Å². The maximum Gasteiger partial charge on any atom is 0.325 e. The van der Waals surface area contributed by atoms with Gasteiger partial charge in [0.15, 0.2) is 0 Å². The molecule has 0 spiro atoms. The molecule has 2 aliphatic heterocycles. The highest BCUT2D eigenvalue weighted by Gasteiger charge is 2.38. The zero-order valence-corrected chi connectivity index (χ0v) is 14.2. The largest absolute Gasteiger partial charge is 0.354 e. The van der Waals surface area contributed by atoms with Gasteiger partial charge in [-0.3, -0.25) is 9.74 Å². The number of hydrogen-bond acceptors (Lipinski definition) is 4. The van der Waals surface area contributed by atoms with E-state index in [-0.39, 0.29) is 18.2 Å². The first-order chi connectivity index (χ1) is 12.2. The first kappa shape index (κ1) is 15.7. The van der Waals surface area contributed by atoms with Crippen LogP contribution in [0.2, 0.25) is 0 Å². The van der Waals surface area contributed by atoms with Crippen molar-refractivity contribution in [3.05, 3.63) is 30.0 Å². The van der Waals surface area contributed by atoms with Crippen LogP contribution in [0.15, 0.2) is 18.6 Å². The summed E-state index contributed by atoms with van der Waals surface area (Å²) in [7, 11) is 1.85. The highest BCUT2D eigenvalue weighted by molar-refractivity contribution is 5.87. The van der Waals surface area contributed by atoms with E-state index in [0.717, 1.165) is 49.2 Å². The number of carbonyl (C=O) groups is 1. The number of nitrogens with one attached hydrogen (secondary N) is 1. The van der Waals surface area contributed by atoms with Gasteiger partial charge in [-0.2, -0.15) is 0 Å². The molecule has 4 rings (SSSR count). The second-order valence-corrected chi connectivity index (χ2v) is 6.66. The summed E-state index contributed by atoms with van der Waals surface area (Å²) in [6.07, 6.45) is 5.73. The molecule has 0 aliphatic carbocycles. The minimum atomic E-state index is -0.297. The zero-order chi connectivity index (χ0) is 17.4. The predicted molar refractivity (Wildman–Crippen MR) is 94.0 cm³/mol. The van der Waals surface area contributed by atoms with E-state index in [1.165, 1.54) is 0 Å². The normalized spacial score (nSPS) is 23.2. The fourth-order valence-electron chi connectivity index (χ4n) is 3.83. The molecule has 2 aromatic rings. The zero-order valence-electron chi connectivity index (χ0n) is 14.2. The Kier molecular flexibility index (Phi) is 3.92. The van der Waals surface area contributed by atoms with Crippen LogP contribution in [0, 0.1) is 6.57 Å². The van der Waals surface area contributed by atoms with Gasteiger partial charge in [-0.05, 0) is 18.9 Å². The SMILES string of the molecule is [C-]#[N+][C@H]1CCCN1C(=O)N(C)[C@@H]1CCN(c2ncnc3[nH]ccc23)C1. The number of carbonyl (C=O) groups excluding carboxylic acids is 1. The van der Waals surface area contributed by atoms with E-state index in [1.54, 1.807) is 16.1 Å². The van der Waals surface area contributed by atoms with Crippen LogP contribution in [-0.2, 0) is 0 Å². The number of rotatable bonds is 2. The van der Waals surface area contributed by atoms with Crippen LogP contribution in [0.4, 0.5) is 10.6 Å². The number of likely N-dealkylation sites (N-methyl/N-ethyl adjacent to an activating group) is 1. The standard InChI is InChI=1S/C17H21N7O/c1-18-14-4-3-8-24(14)17(25)22(2)12-6-9-23(10-12)16-13-5-7-19-15(13)20-11-21-16/h5,7,11-12,14H,3-4,6,8-10H2,2H3,(H,19,20,21)/t12-,14-/m1/s1. The molecule has 2 aromatic heterocycles. The summed E-state index contributed by atoms with van der Waals surface area (Å²) in [6.45, 7) is 9.55. The molecule has 25 heavy (non-hydrogen) atoms. The lowest BCUT2D eigenvalue weighted by atomic mass is 10.2. The Morgan fingerprint density at radius 1 is 1.40 bits per heavy atom. The fourth-order valence-corrected chi connectivity index (χ4v) is 3.83. The Bertz CT molecular complexity index is 826. The van der Waals surface area contributed by atoms with Crippen LogP contribution >= 0.6 is 0 Å². The van der Waals surface area contributed by atoms with Crippen molar-refractivity contribution in [1.29, 1.82) is 0 Å².